The summed E-state index contributed by atoms with van der Waals surface area (Å²) in [4.78, 5) is 0. The number of nitrogen functional groups attached to an aromatic ring is 1. The first-order chi connectivity index (χ1) is 9.71. The highest BCUT2D eigenvalue weighted by molar-refractivity contribution is 5.65. The van der Waals surface area contributed by atoms with Crippen LogP contribution in [0.2, 0.25) is 0 Å². The van der Waals surface area contributed by atoms with E-state index in [1.807, 2.05) is 12.1 Å². The summed E-state index contributed by atoms with van der Waals surface area (Å²) in [5.41, 5.74) is 7.26. The van der Waals surface area contributed by atoms with Crippen LogP contribution in [-0.2, 0) is 4.74 Å². The Morgan fingerprint density at radius 1 is 1.35 bits per heavy atom. The lowest BCUT2D eigenvalue weighted by atomic mass is 10.1. The number of rotatable bonds is 6. The van der Waals surface area contributed by atoms with E-state index < -0.39 is 0 Å². The maximum absolute atomic E-state index is 5.82. The number of anilines is 1. The number of tetrazole rings is 1. The summed E-state index contributed by atoms with van der Waals surface area (Å²) < 4.78 is 12.2. The fourth-order valence-electron chi connectivity index (χ4n) is 2.03. The molecule has 0 aliphatic heterocycles. The first-order valence-corrected chi connectivity index (χ1v) is 6.42. The molecule has 1 unspecified atom stereocenters. The van der Waals surface area contributed by atoms with E-state index in [-0.39, 0.29) is 6.04 Å². The van der Waals surface area contributed by atoms with Crippen LogP contribution in [0.15, 0.2) is 18.2 Å². The number of hydrogen-bond acceptors (Lipinski definition) is 6. The van der Waals surface area contributed by atoms with Crippen LogP contribution in [0.3, 0.4) is 0 Å². The molecule has 7 nitrogen and oxygen atoms in total. The van der Waals surface area contributed by atoms with Crippen LogP contribution in [0.25, 0.3) is 11.4 Å². The Kier molecular flexibility index (Phi) is 4.52. The zero-order valence-electron chi connectivity index (χ0n) is 11.9. The van der Waals surface area contributed by atoms with Gasteiger partial charge in [-0.2, -0.15) is 0 Å². The van der Waals surface area contributed by atoms with Crippen molar-refractivity contribution in [1.82, 2.24) is 20.2 Å². The first-order valence-electron chi connectivity index (χ1n) is 6.42. The Morgan fingerprint density at radius 2 is 2.15 bits per heavy atom. The van der Waals surface area contributed by atoms with Gasteiger partial charge in [0.25, 0.3) is 0 Å². The van der Waals surface area contributed by atoms with E-state index in [0.717, 1.165) is 12.0 Å². The largest absolute Gasteiger partial charge is 0.495 e. The van der Waals surface area contributed by atoms with Gasteiger partial charge in [0.15, 0.2) is 5.82 Å². The van der Waals surface area contributed by atoms with Crippen molar-refractivity contribution in [2.45, 2.75) is 19.4 Å². The summed E-state index contributed by atoms with van der Waals surface area (Å²) in [6, 6.07) is 5.58. The van der Waals surface area contributed by atoms with Crippen LogP contribution >= 0.6 is 0 Å². The van der Waals surface area contributed by atoms with E-state index in [0.29, 0.717) is 23.9 Å². The second-order valence-corrected chi connectivity index (χ2v) is 4.42. The minimum Gasteiger partial charge on any atom is -0.495 e. The molecular weight excluding hydrogens is 258 g/mol. The van der Waals surface area contributed by atoms with Crippen molar-refractivity contribution in [1.29, 1.82) is 0 Å². The topological polar surface area (TPSA) is 88.1 Å². The summed E-state index contributed by atoms with van der Waals surface area (Å²) in [5, 5.41) is 11.9. The number of hydrogen-bond donors (Lipinski definition) is 1. The zero-order chi connectivity index (χ0) is 14.5. The fraction of sp³-hybridized carbons (Fsp3) is 0.462. The van der Waals surface area contributed by atoms with Crippen LogP contribution < -0.4 is 10.5 Å². The van der Waals surface area contributed by atoms with Crippen LogP contribution in [-0.4, -0.2) is 41.0 Å². The van der Waals surface area contributed by atoms with Crippen molar-refractivity contribution in [3.63, 3.8) is 0 Å². The van der Waals surface area contributed by atoms with E-state index in [1.54, 1.807) is 25.0 Å². The fourth-order valence-corrected chi connectivity index (χ4v) is 2.03. The minimum atomic E-state index is 0.0912. The van der Waals surface area contributed by atoms with Gasteiger partial charge in [-0.05, 0) is 35.0 Å². The maximum Gasteiger partial charge on any atom is 0.182 e. The van der Waals surface area contributed by atoms with Crippen LogP contribution in [0.5, 0.6) is 5.75 Å². The number of methoxy groups -OCH3 is 2. The van der Waals surface area contributed by atoms with E-state index in [2.05, 4.69) is 22.4 Å². The Morgan fingerprint density at radius 3 is 2.80 bits per heavy atom. The highest BCUT2D eigenvalue weighted by Crippen LogP contribution is 2.28. The van der Waals surface area contributed by atoms with Gasteiger partial charge in [0, 0.05) is 12.7 Å². The van der Waals surface area contributed by atoms with Crippen molar-refractivity contribution >= 4 is 5.69 Å². The molecule has 0 bridgehead atoms. The van der Waals surface area contributed by atoms with Gasteiger partial charge in [0.2, 0.25) is 0 Å². The molecule has 0 saturated carbocycles. The standard InChI is InChI=1S/C13H19N5O2/c1-4-10(8-19-2)18-13(15-16-17-18)9-5-6-11(14)12(7-9)20-3/h5-7,10H,4,8,14H2,1-3H3. The van der Waals surface area contributed by atoms with E-state index in [4.69, 9.17) is 15.2 Å². The zero-order valence-corrected chi connectivity index (χ0v) is 11.9. The van der Waals surface area contributed by atoms with Gasteiger partial charge < -0.3 is 15.2 Å². The molecule has 0 spiro atoms. The molecule has 2 aromatic rings. The van der Waals surface area contributed by atoms with Gasteiger partial charge in [0.1, 0.15) is 5.75 Å². The van der Waals surface area contributed by atoms with Gasteiger partial charge in [-0.3, -0.25) is 0 Å². The molecule has 108 valence electrons. The summed E-state index contributed by atoms with van der Waals surface area (Å²) in [6.45, 7) is 2.62. The molecule has 1 aromatic carbocycles. The summed E-state index contributed by atoms with van der Waals surface area (Å²) in [6.07, 6.45) is 0.873. The van der Waals surface area contributed by atoms with Gasteiger partial charge in [-0.15, -0.1) is 5.10 Å². The third-order valence-corrected chi connectivity index (χ3v) is 3.16. The third-order valence-electron chi connectivity index (χ3n) is 3.16. The van der Waals surface area contributed by atoms with Crippen molar-refractivity contribution in [3.8, 4) is 17.1 Å². The Hall–Kier alpha value is -2.15. The Bertz CT molecular complexity index is 570. The highest BCUT2D eigenvalue weighted by Gasteiger charge is 2.17. The van der Waals surface area contributed by atoms with Crippen molar-refractivity contribution < 1.29 is 9.47 Å². The third kappa shape index (κ3) is 2.72. The van der Waals surface area contributed by atoms with Crippen LogP contribution in [0, 0.1) is 0 Å². The van der Waals surface area contributed by atoms with Gasteiger partial charge in [0.05, 0.1) is 25.4 Å². The van der Waals surface area contributed by atoms with Crippen molar-refractivity contribution in [3.05, 3.63) is 18.2 Å². The Labute approximate surface area is 117 Å². The number of nitrogens with zero attached hydrogens (tertiary/aromatic N) is 4. The average Bonchev–Trinajstić information content (AvgIpc) is 2.94. The molecule has 1 heterocycles. The predicted octanol–water partition coefficient (Wildman–Crippen LogP) is 1.53. The van der Waals surface area contributed by atoms with Crippen molar-refractivity contribution in [2.75, 3.05) is 26.6 Å². The molecule has 1 aromatic heterocycles. The highest BCUT2D eigenvalue weighted by atomic mass is 16.5. The molecule has 0 saturated heterocycles. The molecule has 2 N–H and O–H groups in total. The monoisotopic (exact) mass is 277 g/mol. The second-order valence-electron chi connectivity index (χ2n) is 4.42. The second kappa shape index (κ2) is 6.33. The van der Waals surface area contributed by atoms with Gasteiger partial charge >= 0.3 is 0 Å². The van der Waals surface area contributed by atoms with Crippen LogP contribution in [0.1, 0.15) is 19.4 Å². The average molecular weight is 277 g/mol. The van der Waals surface area contributed by atoms with Gasteiger partial charge in [-0.25, -0.2) is 4.68 Å². The summed E-state index contributed by atoms with van der Waals surface area (Å²) >= 11 is 0. The smallest absolute Gasteiger partial charge is 0.182 e. The van der Waals surface area contributed by atoms with E-state index in [9.17, 15) is 0 Å². The molecule has 7 heteroatoms. The predicted molar refractivity (Wildman–Crippen MR) is 75.4 cm³/mol. The number of nitrogens with two attached hydrogens (primary N) is 1. The molecule has 0 fully saturated rings. The minimum absolute atomic E-state index is 0.0912. The number of benzene rings is 1. The molecule has 0 radical (unpaired) electrons. The first kappa shape index (κ1) is 14.3. The lowest BCUT2D eigenvalue weighted by Crippen LogP contribution is -2.16. The quantitative estimate of drug-likeness (QED) is 0.805. The Balaban J connectivity index is 2.41. The lowest BCUT2D eigenvalue weighted by Gasteiger charge is -2.15. The van der Waals surface area contributed by atoms with Gasteiger partial charge in [-0.1, -0.05) is 6.92 Å². The SMILES string of the molecule is CCC(COC)n1nnnc1-c1ccc(N)c(OC)c1. The summed E-state index contributed by atoms with van der Waals surface area (Å²) in [7, 11) is 3.25. The molecule has 2 rings (SSSR count). The van der Waals surface area contributed by atoms with E-state index >= 15 is 0 Å². The maximum atomic E-state index is 5.82. The molecule has 0 aliphatic rings. The number of aromatic nitrogens is 4. The molecule has 0 aliphatic carbocycles. The normalized spacial score (nSPS) is 12.3. The lowest BCUT2D eigenvalue weighted by molar-refractivity contribution is 0.147. The van der Waals surface area contributed by atoms with E-state index in [1.165, 1.54) is 0 Å². The molecule has 0 amide bonds. The number of ether oxygens (including phenoxy) is 2. The summed E-state index contributed by atoms with van der Waals surface area (Å²) in [5.74, 6) is 1.28. The molecular formula is C13H19N5O2. The molecule has 20 heavy (non-hydrogen) atoms. The molecule has 1 atom stereocenters. The van der Waals surface area contributed by atoms with Crippen LogP contribution in [0.4, 0.5) is 5.69 Å². The van der Waals surface area contributed by atoms with Crippen molar-refractivity contribution in [2.24, 2.45) is 0 Å².